The molecule has 4 nitrogen and oxygen atoms in total. The van der Waals surface area contributed by atoms with Crippen LogP contribution in [0.15, 0.2) is 30.3 Å². The predicted molar refractivity (Wildman–Crippen MR) is 87.8 cm³/mol. The summed E-state index contributed by atoms with van der Waals surface area (Å²) in [4.78, 5) is 19.0. The van der Waals surface area contributed by atoms with Crippen molar-refractivity contribution in [1.82, 2.24) is 9.88 Å². The Bertz CT molecular complexity index is 637. The average Bonchev–Trinajstić information content (AvgIpc) is 2.50. The van der Waals surface area contributed by atoms with Gasteiger partial charge in [0.1, 0.15) is 5.82 Å². The van der Waals surface area contributed by atoms with E-state index in [4.69, 9.17) is 0 Å². The zero-order valence-corrected chi connectivity index (χ0v) is 13.2. The molecule has 21 heavy (non-hydrogen) atoms. The van der Waals surface area contributed by atoms with E-state index in [9.17, 15) is 4.79 Å². The van der Waals surface area contributed by atoms with Gasteiger partial charge >= 0.3 is 0 Å². The van der Waals surface area contributed by atoms with Gasteiger partial charge in [-0.1, -0.05) is 25.1 Å². The molecule has 0 atom stereocenters. The number of hydrogen-bond acceptors (Lipinski definition) is 3. The molecule has 0 aliphatic carbocycles. The lowest BCUT2D eigenvalue weighted by molar-refractivity contribution is 0.0757. The molecule has 112 valence electrons. The van der Waals surface area contributed by atoms with Gasteiger partial charge in [0.2, 0.25) is 0 Å². The number of anilines is 1. The van der Waals surface area contributed by atoms with Crippen molar-refractivity contribution < 1.29 is 4.79 Å². The molecule has 0 fully saturated rings. The Morgan fingerprint density at radius 3 is 2.71 bits per heavy atom. The Kier molecular flexibility index (Phi) is 4.78. The molecule has 1 aromatic heterocycles. The van der Waals surface area contributed by atoms with E-state index in [0.29, 0.717) is 5.56 Å². The van der Waals surface area contributed by atoms with Gasteiger partial charge in [0.25, 0.3) is 5.91 Å². The van der Waals surface area contributed by atoms with E-state index >= 15 is 0 Å². The maximum atomic E-state index is 12.7. The number of fused-ring (bicyclic) bond motifs is 1. The summed E-state index contributed by atoms with van der Waals surface area (Å²) in [6.45, 7) is 6.97. The monoisotopic (exact) mass is 285 g/mol. The summed E-state index contributed by atoms with van der Waals surface area (Å²) in [5, 5.41) is 4.17. The normalized spacial score (nSPS) is 10.9. The fraction of sp³-hybridized carbons (Fsp3) is 0.412. The van der Waals surface area contributed by atoms with Gasteiger partial charge in [-0.05, 0) is 32.4 Å². The van der Waals surface area contributed by atoms with E-state index in [1.165, 1.54) is 0 Å². The summed E-state index contributed by atoms with van der Waals surface area (Å²) in [5.41, 5.74) is 1.55. The first-order valence-corrected chi connectivity index (χ1v) is 7.45. The van der Waals surface area contributed by atoms with Crippen LogP contribution in [-0.2, 0) is 0 Å². The number of carbonyl (C=O) groups is 1. The number of hydrogen-bond donors (Lipinski definition) is 1. The van der Waals surface area contributed by atoms with Gasteiger partial charge in [0.05, 0.1) is 11.1 Å². The Morgan fingerprint density at radius 2 is 2.05 bits per heavy atom. The summed E-state index contributed by atoms with van der Waals surface area (Å²) in [6.07, 6.45) is 1.02. The van der Waals surface area contributed by atoms with Crippen LogP contribution in [0.3, 0.4) is 0 Å². The minimum absolute atomic E-state index is 0.0307. The van der Waals surface area contributed by atoms with Crippen LogP contribution in [0.4, 0.5) is 5.82 Å². The Hall–Kier alpha value is -2.10. The minimum atomic E-state index is 0.0307. The zero-order valence-electron chi connectivity index (χ0n) is 13.2. The first kappa shape index (κ1) is 15.3. The lowest BCUT2D eigenvalue weighted by Crippen LogP contribution is -2.33. The number of benzene rings is 1. The lowest BCUT2D eigenvalue weighted by atomic mass is 10.1. The molecule has 0 saturated heterocycles. The van der Waals surface area contributed by atoms with Crippen molar-refractivity contribution in [2.75, 3.05) is 18.9 Å². The van der Waals surface area contributed by atoms with Crippen LogP contribution in [0.5, 0.6) is 0 Å². The van der Waals surface area contributed by atoms with E-state index in [0.717, 1.165) is 29.7 Å². The predicted octanol–water partition coefficient (Wildman–Crippen LogP) is 3.54. The standard InChI is InChI=1S/C17H23N3O/c1-5-10-18-16-11-14(17(21)20(4)12(2)3)13-8-6-7-9-15(13)19-16/h6-9,11-12H,5,10H2,1-4H3,(H,18,19). The SMILES string of the molecule is CCCNc1cc(C(=O)N(C)C(C)C)c2ccccc2n1. The van der Waals surface area contributed by atoms with Crippen LogP contribution in [0.1, 0.15) is 37.6 Å². The Labute approximate surface area is 126 Å². The number of carbonyl (C=O) groups excluding carboxylic acids is 1. The van der Waals surface area contributed by atoms with Gasteiger partial charge in [-0.3, -0.25) is 4.79 Å². The lowest BCUT2D eigenvalue weighted by Gasteiger charge is -2.22. The molecule has 0 aliphatic heterocycles. The van der Waals surface area contributed by atoms with Gasteiger partial charge in [-0.15, -0.1) is 0 Å². The summed E-state index contributed by atoms with van der Waals surface area (Å²) in [5.74, 6) is 0.791. The number of aromatic nitrogens is 1. The van der Waals surface area contributed by atoms with Gasteiger partial charge in [-0.25, -0.2) is 4.98 Å². The highest BCUT2D eigenvalue weighted by Gasteiger charge is 2.18. The molecule has 0 spiro atoms. The van der Waals surface area contributed by atoms with E-state index < -0.39 is 0 Å². The molecule has 0 bridgehead atoms. The minimum Gasteiger partial charge on any atom is -0.370 e. The van der Waals surface area contributed by atoms with Crippen molar-refractivity contribution in [3.8, 4) is 0 Å². The molecule has 0 radical (unpaired) electrons. The van der Waals surface area contributed by atoms with E-state index in [2.05, 4.69) is 17.2 Å². The maximum absolute atomic E-state index is 12.7. The third-order valence-corrected chi connectivity index (χ3v) is 3.60. The fourth-order valence-corrected chi connectivity index (χ4v) is 2.12. The van der Waals surface area contributed by atoms with E-state index in [-0.39, 0.29) is 11.9 Å². The summed E-state index contributed by atoms with van der Waals surface area (Å²) >= 11 is 0. The first-order valence-electron chi connectivity index (χ1n) is 7.45. The van der Waals surface area contributed by atoms with Gasteiger partial charge in [0.15, 0.2) is 0 Å². The maximum Gasteiger partial charge on any atom is 0.254 e. The number of rotatable bonds is 5. The number of nitrogens with zero attached hydrogens (tertiary/aromatic N) is 2. The van der Waals surface area contributed by atoms with E-state index in [1.54, 1.807) is 4.90 Å². The average molecular weight is 285 g/mol. The van der Waals surface area contributed by atoms with Crippen molar-refractivity contribution in [2.45, 2.75) is 33.2 Å². The third kappa shape index (κ3) is 3.32. The number of nitrogens with one attached hydrogen (secondary N) is 1. The molecular formula is C17H23N3O. The van der Waals surface area contributed by atoms with Gasteiger partial charge in [-0.2, -0.15) is 0 Å². The summed E-state index contributed by atoms with van der Waals surface area (Å²) < 4.78 is 0. The molecular weight excluding hydrogens is 262 g/mol. The molecule has 1 amide bonds. The van der Waals surface area contributed by atoms with E-state index in [1.807, 2.05) is 51.2 Å². The van der Waals surface area contributed by atoms with Crippen molar-refractivity contribution in [3.05, 3.63) is 35.9 Å². The van der Waals surface area contributed by atoms with Gasteiger partial charge in [0, 0.05) is 25.0 Å². The third-order valence-electron chi connectivity index (χ3n) is 3.60. The van der Waals surface area contributed by atoms with Crippen molar-refractivity contribution in [3.63, 3.8) is 0 Å². The second-order valence-corrected chi connectivity index (χ2v) is 5.51. The number of amides is 1. The van der Waals surface area contributed by atoms with Crippen LogP contribution in [-0.4, -0.2) is 35.4 Å². The molecule has 1 aromatic carbocycles. The van der Waals surface area contributed by atoms with Crippen molar-refractivity contribution in [1.29, 1.82) is 0 Å². The molecule has 0 aliphatic rings. The number of para-hydroxylation sites is 1. The van der Waals surface area contributed by atoms with Crippen LogP contribution >= 0.6 is 0 Å². The number of pyridine rings is 1. The molecule has 0 unspecified atom stereocenters. The first-order chi connectivity index (χ1) is 10.0. The summed E-state index contributed by atoms with van der Waals surface area (Å²) in [7, 11) is 1.83. The van der Waals surface area contributed by atoms with Crippen LogP contribution in [0, 0.1) is 0 Å². The topological polar surface area (TPSA) is 45.2 Å². The molecule has 1 N–H and O–H groups in total. The van der Waals surface area contributed by atoms with Crippen LogP contribution in [0.2, 0.25) is 0 Å². The fourth-order valence-electron chi connectivity index (χ4n) is 2.12. The molecule has 4 heteroatoms. The zero-order chi connectivity index (χ0) is 15.4. The van der Waals surface area contributed by atoms with Crippen molar-refractivity contribution >= 4 is 22.6 Å². The Morgan fingerprint density at radius 1 is 1.33 bits per heavy atom. The highest BCUT2D eigenvalue weighted by atomic mass is 16.2. The second-order valence-electron chi connectivity index (χ2n) is 5.51. The quantitative estimate of drug-likeness (QED) is 0.914. The van der Waals surface area contributed by atoms with Crippen LogP contribution in [0.25, 0.3) is 10.9 Å². The van der Waals surface area contributed by atoms with Crippen LogP contribution < -0.4 is 5.32 Å². The highest BCUT2D eigenvalue weighted by molar-refractivity contribution is 6.06. The largest absolute Gasteiger partial charge is 0.370 e. The smallest absolute Gasteiger partial charge is 0.254 e. The molecule has 1 heterocycles. The molecule has 2 rings (SSSR count). The second kappa shape index (κ2) is 6.57. The molecule has 0 saturated carbocycles. The Balaban J connectivity index is 2.51. The van der Waals surface area contributed by atoms with Gasteiger partial charge < -0.3 is 10.2 Å². The summed E-state index contributed by atoms with van der Waals surface area (Å²) in [6, 6.07) is 9.80. The highest BCUT2D eigenvalue weighted by Crippen LogP contribution is 2.22. The molecule has 2 aromatic rings. The van der Waals surface area contributed by atoms with Crippen molar-refractivity contribution in [2.24, 2.45) is 0 Å².